The van der Waals surface area contributed by atoms with Gasteiger partial charge < -0.3 is 10.6 Å². The third-order valence-corrected chi connectivity index (χ3v) is 5.94. The molecule has 148 valence electrons. The van der Waals surface area contributed by atoms with E-state index in [2.05, 4.69) is 29.5 Å². The van der Waals surface area contributed by atoms with Crippen LogP contribution in [0.5, 0.6) is 0 Å². The molecule has 1 unspecified atom stereocenters. The summed E-state index contributed by atoms with van der Waals surface area (Å²) in [4.78, 5) is 4.22. The van der Waals surface area contributed by atoms with Crippen molar-refractivity contribution in [3.63, 3.8) is 0 Å². The molecule has 0 saturated carbocycles. The first kappa shape index (κ1) is 22.5. The predicted octanol–water partition coefficient (Wildman–Crippen LogP) is 3.52. The van der Waals surface area contributed by atoms with Gasteiger partial charge in [0.15, 0.2) is 15.8 Å². The van der Waals surface area contributed by atoms with Gasteiger partial charge in [0, 0.05) is 19.6 Å². The number of guanidine groups is 1. The molecule has 5 nitrogen and oxygen atoms in total. The third-order valence-electron chi connectivity index (χ3n) is 4.25. The van der Waals surface area contributed by atoms with Crippen LogP contribution in [-0.2, 0) is 15.6 Å². The van der Waals surface area contributed by atoms with Gasteiger partial charge >= 0.3 is 0 Å². The Kier molecular flexibility index (Phi) is 11.0. The van der Waals surface area contributed by atoms with Crippen molar-refractivity contribution in [3.8, 4) is 0 Å². The molecule has 1 aromatic carbocycles. The Morgan fingerprint density at radius 3 is 2.50 bits per heavy atom. The van der Waals surface area contributed by atoms with E-state index >= 15 is 0 Å². The molecule has 0 spiro atoms. The molecule has 0 radical (unpaired) electrons. The van der Waals surface area contributed by atoms with E-state index in [1.165, 1.54) is 25.7 Å². The molecule has 0 bridgehead atoms. The van der Waals surface area contributed by atoms with Crippen LogP contribution in [0.2, 0.25) is 0 Å². The highest BCUT2D eigenvalue weighted by Gasteiger charge is 2.12. The first-order valence-corrected chi connectivity index (χ1v) is 11.5. The lowest BCUT2D eigenvalue weighted by Gasteiger charge is -2.18. The summed E-state index contributed by atoms with van der Waals surface area (Å²) in [5, 5.41) is 6.58. The number of nitrogens with one attached hydrogen (secondary N) is 2. The van der Waals surface area contributed by atoms with E-state index in [4.69, 9.17) is 0 Å². The lowest BCUT2D eigenvalue weighted by atomic mass is 10.1. The summed E-state index contributed by atoms with van der Waals surface area (Å²) in [6, 6.07) is 9.69. The lowest BCUT2D eigenvalue weighted by Crippen LogP contribution is -2.42. The predicted molar refractivity (Wildman–Crippen MR) is 111 cm³/mol. The number of sulfone groups is 1. The fraction of sp³-hybridized carbons (Fsp3) is 0.650. The molecular formula is C20H35N3O2S. The van der Waals surface area contributed by atoms with E-state index in [1.807, 2.05) is 30.3 Å². The van der Waals surface area contributed by atoms with Crippen molar-refractivity contribution in [2.75, 3.05) is 19.3 Å². The summed E-state index contributed by atoms with van der Waals surface area (Å²) in [5.74, 6) is 1.03. The second kappa shape index (κ2) is 12.7. The second-order valence-electron chi connectivity index (χ2n) is 6.82. The molecule has 2 N–H and O–H groups in total. The summed E-state index contributed by atoms with van der Waals surface area (Å²) < 4.78 is 24.4. The van der Waals surface area contributed by atoms with Crippen LogP contribution in [0.25, 0.3) is 0 Å². The van der Waals surface area contributed by atoms with Crippen molar-refractivity contribution in [1.82, 2.24) is 10.6 Å². The Labute approximate surface area is 159 Å². The molecule has 0 aliphatic carbocycles. The van der Waals surface area contributed by atoms with Crippen molar-refractivity contribution >= 4 is 15.8 Å². The molecule has 6 heteroatoms. The van der Waals surface area contributed by atoms with Gasteiger partial charge in [-0.3, -0.25) is 4.99 Å². The Morgan fingerprint density at radius 2 is 1.85 bits per heavy atom. The Hall–Kier alpha value is -1.56. The average molecular weight is 382 g/mol. The number of rotatable bonds is 12. The molecular weight excluding hydrogens is 346 g/mol. The topological polar surface area (TPSA) is 70.6 Å². The van der Waals surface area contributed by atoms with Crippen molar-refractivity contribution in [1.29, 1.82) is 0 Å². The third kappa shape index (κ3) is 10.4. The zero-order chi connectivity index (χ0) is 19.3. The van der Waals surface area contributed by atoms with E-state index < -0.39 is 9.84 Å². The number of nitrogens with zero attached hydrogens (tertiary/aromatic N) is 1. The molecule has 0 fully saturated rings. The fourth-order valence-corrected chi connectivity index (χ4v) is 4.21. The van der Waals surface area contributed by atoms with E-state index in [0.29, 0.717) is 19.0 Å². The molecule has 0 amide bonds. The van der Waals surface area contributed by atoms with Gasteiger partial charge in [0.25, 0.3) is 0 Å². The minimum atomic E-state index is -3.08. The molecule has 0 aliphatic heterocycles. The lowest BCUT2D eigenvalue weighted by molar-refractivity contribution is 0.536. The van der Waals surface area contributed by atoms with Gasteiger partial charge in [-0.25, -0.2) is 8.42 Å². The average Bonchev–Trinajstić information content (AvgIpc) is 2.61. The number of hydrogen-bond donors (Lipinski definition) is 2. The highest BCUT2D eigenvalue weighted by atomic mass is 32.2. The minimum absolute atomic E-state index is 0.107. The smallest absolute Gasteiger partial charge is 0.191 e. The minimum Gasteiger partial charge on any atom is -0.356 e. The molecule has 26 heavy (non-hydrogen) atoms. The van der Waals surface area contributed by atoms with Gasteiger partial charge in [-0.1, -0.05) is 62.9 Å². The summed E-state index contributed by atoms with van der Waals surface area (Å²) >= 11 is 0. The summed E-state index contributed by atoms with van der Waals surface area (Å²) in [6.07, 6.45) is 6.72. The second-order valence-corrected chi connectivity index (χ2v) is 9.01. The number of unbranched alkanes of at least 4 members (excludes halogenated alkanes) is 3. The van der Waals surface area contributed by atoms with E-state index in [0.717, 1.165) is 17.9 Å². The molecule has 0 aliphatic rings. The summed E-state index contributed by atoms with van der Waals surface area (Å²) in [5.41, 5.74) is 0.842. The van der Waals surface area contributed by atoms with Crippen LogP contribution in [-0.4, -0.2) is 39.8 Å². The van der Waals surface area contributed by atoms with Crippen LogP contribution in [0.3, 0.4) is 0 Å². The number of hydrogen-bond acceptors (Lipinski definition) is 3. The van der Waals surface area contributed by atoms with Gasteiger partial charge in [-0.15, -0.1) is 0 Å². The maximum Gasteiger partial charge on any atom is 0.191 e. The number of benzene rings is 1. The maximum atomic E-state index is 12.2. The Morgan fingerprint density at radius 1 is 1.12 bits per heavy atom. The molecule has 1 aromatic rings. The van der Waals surface area contributed by atoms with Gasteiger partial charge in [-0.05, 0) is 25.3 Å². The monoisotopic (exact) mass is 381 g/mol. The Bertz CT molecular complexity index is 615. The van der Waals surface area contributed by atoms with E-state index in [9.17, 15) is 8.42 Å². The van der Waals surface area contributed by atoms with Crippen molar-refractivity contribution in [2.24, 2.45) is 4.99 Å². The zero-order valence-corrected chi connectivity index (χ0v) is 17.3. The highest BCUT2D eigenvalue weighted by Crippen LogP contribution is 2.07. The molecule has 0 saturated heterocycles. The van der Waals surface area contributed by atoms with Crippen molar-refractivity contribution in [3.05, 3.63) is 35.9 Å². The SMILES string of the molecule is CCCCCCC(C)NC(=NC)NCCCS(=O)(=O)Cc1ccccc1. The molecule has 1 atom stereocenters. The van der Waals surface area contributed by atoms with Crippen molar-refractivity contribution in [2.45, 2.75) is 64.2 Å². The largest absolute Gasteiger partial charge is 0.356 e. The van der Waals surface area contributed by atoms with Crippen molar-refractivity contribution < 1.29 is 8.42 Å². The standard InChI is InChI=1S/C20H35N3O2S/c1-4-5-6-8-12-18(2)23-20(21-3)22-15-11-16-26(24,25)17-19-13-9-7-10-14-19/h7,9-10,13-14,18H,4-6,8,11-12,15-17H2,1-3H3,(H2,21,22,23). The van der Waals surface area contributed by atoms with Crippen LogP contribution in [0.1, 0.15) is 57.9 Å². The van der Waals surface area contributed by atoms with Crippen LogP contribution < -0.4 is 10.6 Å². The summed E-state index contributed by atoms with van der Waals surface area (Å²) in [7, 11) is -1.34. The van der Waals surface area contributed by atoms with Crippen LogP contribution in [0.15, 0.2) is 35.3 Å². The molecule has 0 heterocycles. The number of aliphatic imine (C=N–C) groups is 1. The van der Waals surface area contributed by atoms with Crippen LogP contribution >= 0.6 is 0 Å². The molecule has 0 aromatic heterocycles. The maximum absolute atomic E-state index is 12.2. The van der Waals surface area contributed by atoms with E-state index in [-0.39, 0.29) is 11.5 Å². The fourth-order valence-electron chi connectivity index (χ4n) is 2.78. The van der Waals surface area contributed by atoms with Gasteiger partial charge in [0.1, 0.15) is 0 Å². The van der Waals surface area contributed by atoms with E-state index in [1.54, 1.807) is 7.05 Å². The summed E-state index contributed by atoms with van der Waals surface area (Å²) in [6.45, 7) is 4.97. The van der Waals surface area contributed by atoms with Crippen LogP contribution in [0, 0.1) is 0 Å². The first-order chi connectivity index (χ1) is 12.5. The van der Waals surface area contributed by atoms with Crippen LogP contribution in [0.4, 0.5) is 0 Å². The van der Waals surface area contributed by atoms with Gasteiger partial charge in [-0.2, -0.15) is 0 Å². The zero-order valence-electron chi connectivity index (χ0n) is 16.5. The molecule has 1 rings (SSSR count). The highest BCUT2D eigenvalue weighted by molar-refractivity contribution is 7.90. The first-order valence-electron chi connectivity index (χ1n) is 9.68. The quantitative estimate of drug-likeness (QED) is 0.330. The normalized spacial score (nSPS) is 13.4. The van der Waals surface area contributed by atoms with Gasteiger partial charge in [0.2, 0.25) is 0 Å². The van der Waals surface area contributed by atoms with Gasteiger partial charge in [0.05, 0.1) is 11.5 Å². The Balaban J connectivity index is 2.25.